The van der Waals surface area contributed by atoms with Crippen molar-refractivity contribution in [1.82, 2.24) is 9.80 Å². The number of amides is 1. The van der Waals surface area contributed by atoms with Crippen LogP contribution < -0.4 is 0 Å². The van der Waals surface area contributed by atoms with Gasteiger partial charge in [0.2, 0.25) is 6.23 Å². The van der Waals surface area contributed by atoms with E-state index in [1.165, 1.54) is 4.90 Å². The number of nitrogens with zero attached hydrogens (tertiary/aromatic N) is 2. The van der Waals surface area contributed by atoms with Crippen LogP contribution in [0.1, 0.15) is 20.3 Å². The summed E-state index contributed by atoms with van der Waals surface area (Å²) in [4.78, 5) is 25.1. The molecular formula is C11H20N2O5. The van der Waals surface area contributed by atoms with Crippen molar-refractivity contribution in [2.24, 2.45) is 0 Å². The predicted molar refractivity (Wildman–Crippen MR) is 63.4 cm³/mol. The Labute approximate surface area is 106 Å². The van der Waals surface area contributed by atoms with E-state index in [4.69, 9.17) is 14.9 Å². The Balaban J connectivity index is 2.75. The Kier molecular flexibility index (Phi) is 5.36. The van der Waals surface area contributed by atoms with E-state index in [1.807, 2.05) is 6.92 Å². The predicted octanol–water partition coefficient (Wildman–Crippen LogP) is 0.508. The minimum Gasteiger partial charge on any atom is -0.478 e. The zero-order valence-electron chi connectivity index (χ0n) is 10.7. The summed E-state index contributed by atoms with van der Waals surface area (Å²) in [7, 11) is 0. The van der Waals surface area contributed by atoms with Crippen molar-refractivity contribution >= 4 is 12.1 Å². The van der Waals surface area contributed by atoms with Gasteiger partial charge in [0, 0.05) is 32.3 Å². The molecule has 104 valence electrons. The molecule has 1 fully saturated rings. The van der Waals surface area contributed by atoms with Crippen LogP contribution in [0.15, 0.2) is 0 Å². The van der Waals surface area contributed by atoms with E-state index >= 15 is 0 Å². The monoisotopic (exact) mass is 260 g/mol. The van der Waals surface area contributed by atoms with Gasteiger partial charge in [-0.15, -0.1) is 0 Å². The van der Waals surface area contributed by atoms with Gasteiger partial charge in [0.05, 0.1) is 0 Å². The molecule has 0 aromatic carbocycles. The smallest absolute Gasteiger partial charge is 0.407 e. The van der Waals surface area contributed by atoms with Crippen LogP contribution >= 0.6 is 0 Å². The van der Waals surface area contributed by atoms with Gasteiger partial charge in [0.1, 0.15) is 0 Å². The van der Waals surface area contributed by atoms with Gasteiger partial charge in [-0.05, 0) is 13.3 Å². The molecule has 0 bridgehead atoms. The quantitative estimate of drug-likeness (QED) is 0.748. The van der Waals surface area contributed by atoms with Gasteiger partial charge in [0.25, 0.3) is 0 Å². The van der Waals surface area contributed by atoms with Gasteiger partial charge in [-0.25, -0.2) is 9.59 Å². The van der Waals surface area contributed by atoms with Crippen LogP contribution in [-0.4, -0.2) is 70.6 Å². The van der Waals surface area contributed by atoms with Crippen molar-refractivity contribution in [3.8, 4) is 0 Å². The van der Waals surface area contributed by atoms with Crippen LogP contribution in [0.4, 0.5) is 4.79 Å². The van der Waals surface area contributed by atoms with Gasteiger partial charge in [-0.3, -0.25) is 4.90 Å². The highest BCUT2D eigenvalue weighted by atomic mass is 16.5. The van der Waals surface area contributed by atoms with Crippen LogP contribution in [-0.2, 0) is 9.53 Å². The average Bonchev–Trinajstić information content (AvgIpc) is 2.34. The van der Waals surface area contributed by atoms with Gasteiger partial charge >= 0.3 is 12.1 Å². The molecule has 2 atom stereocenters. The molecule has 0 aromatic rings. The van der Waals surface area contributed by atoms with Crippen molar-refractivity contribution in [3.63, 3.8) is 0 Å². The Hall–Kier alpha value is -1.34. The lowest BCUT2D eigenvalue weighted by Crippen LogP contribution is -2.59. The third-order valence-electron chi connectivity index (χ3n) is 3.11. The molecule has 0 aromatic heterocycles. The molecule has 0 saturated carbocycles. The van der Waals surface area contributed by atoms with Crippen LogP contribution in [0, 0.1) is 0 Å². The van der Waals surface area contributed by atoms with E-state index in [9.17, 15) is 9.59 Å². The molecule has 7 heteroatoms. The number of carboxylic acid groups (broad SMARTS) is 2. The second kappa shape index (κ2) is 6.55. The fraction of sp³-hybridized carbons (Fsp3) is 0.818. The standard InChI is InChI=1S/C11H20N2O5/c1-3-8-7-12(11(16)17)5-6-13(8)9(10(14)15)18-4-2/h8-9H,3-7H2,1-2H3,(H,14,15)(H,16,17). The number of piperazine rings is 1. The van der Waals surface area contributed by atoms with Crippen molar-refractivity contribution in [1.29, 1.82) is 0 Å². The van der Waals surface area contributed by atoms with E-state index in [1.54, 1.807) is 11.8 Å². The SMILES string of the molecule is CCOC(C(=O)O)N1CCN(C(=O)O)CC1CC. The molecular weight excluding hydrogens is 240 g/mol. The van der Waals surface area contributed by atoms with Gasteiger partial charge in [-0.2, -0.15) is 0 Å². The topological polar surface area (TPSA) is 90.3 Å². The Bertz CT molecular complexity index is 310. The molecule has 1 rings (SSSR count). The van der Waals surface area contributed by atoms with E-state index in [-0.39, 0.29) is 6.04 Å². The van der Waals surface area contributed by atoms with Crippen molar-refractivity contribution < 1.29 is 24.5 Å². The van der Waals surface area contributed by atoms with Crippen LogP contribution in [0.5, 0.6) is 0 Å². The number of carbonyl (C=O) groups is 2. The van der Waals surface area contributed by atoms with Crippen LogP contribution in [0.2, 0.25) is 0 Å². The lowest BCUT2D eigenvalue weighted by molar-refractivity contribution is -0.170. The third-order valence-corrected chi connectivity index (χ3v) is 3.11. The normalized spacial score (nSPS) is 22.8. The van der Waals surface area contributed by atoms with Crippen molar-refractivity contribution in [2.45, 2.75) is 32.5 Å². The number of ether oxygens (including phenoxy) is 1. The molecule has 0 radical (unpaired) electrons. The summed E-state index contributed by atoms with van der Waals surface area (Å²) < 4.78 is 5.23. The summed E-state index contributed by atoms with van der Waals surface area (Å²) >= 11 is 0. The fourth-order valence-electron chi connectivity index (χ4n) is 2.18. The van der Waals surface area contributed by atoms with E-state index in [2.05, 4.69) is 0 Å². The maximum atomic E-state index is 11.2. The van der Waals surface area contributed by atoms with Gasteiger partial charge in [0.15, 0.2) is 0 Å². The molecule has 1 aliphatic heterocycles. The molecule has 0 spiro atoms. The van der Waals surface area contributed by atoms with E-state index < -0.39 is 18.3 Å². The minimum atomic E-state index is -1.03. The molecule has 7 nitrogen and oxygen atoms in total. The molecule has 2 N–H and O–H groups in total. The van der Waals surface area contributed by atoms with Gasteiger partial charge in [-0.1, -0.05) is 6.92 Å². The summed E-state index contributed by atoms with van der Waals surface area (Å²) in [5.41, 5.74) is 0. The first-order valence-corrected chi connectivity index (χ1v) is 6.09. The molecule has 2 unspecified atom stereocenters. The number of aliphatic carboxylic acids is 1. The maximum absolute atomic E-state index is 11.2. The highest BCUT2D eigenvalue weighted by Gasteiger charge is 2.36. The molecule has 1 heterocycles. The largest absolute Gasteiger partial charge is 0.478 e. The Morgan fingerprint density at radius 1 is 1.33 bits per heavy atom. The first kappa shape index (κ1) is 14.7. The number of hydrogen-bond acceptors (Lipinski definition) is 4. The summed E-state index contributed by atoms with van der Waals surface area (Å²) in [6.45, 7) is 4.97. The molecule has 0 aliphatic carbocycles. The zero-order chi connectivity index (χ0) is 13.7. The summed E-state index contributed by atoms with van der Waals surface area (Å²) in [5.74, 6) is -1.03. The second-order valence-corrected chi connectivity index (χ2v) is 4.17. The van der Waals surface area contributed by atoms with Gasteiger partial charge < -0.3 is 19.8 Å². The average molecular weight is 260 g/mol. The lowest BCUT2D eigenvalue weighted by Gasteiger charge is -2.42. The Morgan fingerprint density at radius 3 is 2.44 bits per heavy atom. The Morgan fingerprint density at radius 2 is 2.00 bits per heavy atom. The summed E-state index contributed by atoms with van der Waals surface area (Å²) in [5, 5.41) is 18.1. The molecule has 18 heavy (non-hydrogen) atoms. The highest BCUT2D eigenvalue weighted by Crippen LogP contribution is 2.17. The molecule has 1 saturated heterocycles. The molecule has 1 amide bonds. The third kappa shape index (κ3) is 3.33. The van der Waals surface area contributed by atoms with Crippen LogP contribution in [0.25, 0.3) is 0 Å². The lowest BCUT2D eigenvalue weighted by atomic mass is 10.1. The minimum absolute atomic E-state index is 0.123. The number of rotatable bonds is 5. The van der Waals surface area contributed by atoms with E-state index in [0.29, 0.717) is 32.7 Å². The molecule has 1 aliphatic rings. The summed E-state index contributed by atoms with van der Waals surface area (Å²) in [6.07, 6.45) is -1.27. The van der Waals surface area contributed by atoms with E-state index in [0.717, 1.165) is 0 Å². The highest BCUT2D eigenvalue weighted by molar-refractivity contribution is 5.72. The second-order valence-electron chi connectivity index (χ2n) is 4.17. The maximum Gasteiger partial charge on any atom is 0.407 e. The fourth-order valence-corrected chi connectivity index (χ4v) is 2.18. The zero-order valence-corrected chi connectivity index (χ0v) is 10.7. The van der Waals surface area contributed by atoms with Crippen LogP contribution in [0.3, 0.4) is 0 Å². The van der Waals surface area contributed by atoms with Crippen molar-refractivity contribution in [3.05, 3.63) is 0 Å². The first-order valence-electron chi connectivity index (χ1n) is 6.09. The number of hydrogen-bond donors (Lipinski definition) is 2. The first-order chi connectivity index (χ1) is 8.51. The number of carboxylic acids is 1. The summed E-state index contributed by atoms with van der Waals surface area (Å²) in [6, 6.07) is -0.123. The van der Waals surface area contributed by atoms with Crippen molar-refractivity contribution in [2.75, 3.05) is 26.2 Å².